The molecule has 4 atom stereocenters. The summed E-state index contributed by atoms with van der Waals surface area (Å²) in [6.45, 7) is 8.72. The summed E-state index contributed by atoms with van der Waals surface area (Å²) < 4.78 is 0. The fraction of sp³-hybridized carbons (Fsp3) is 0.839. The van der Waals surface area contributed by atoms with Gasteiger partial charge in [-0.1, -0.05) is 65.7 Å². The maximum absolute atomic E-state index is 14.2. The predicted octanol–water partition coefficient (Wildman–Crippen LogP) is 2.09. The van der Waals surface area contributed by atoms with Crippen LogP contribution in [0.25, 0.3) is 0 Å². The van der Waals surface area contributed by atoms with Gasteiger partial charge in [0.05, 0.1) is 19.1 Å². The minimum absolute atomic E-state index is 0.0475. The van der Waals surface area contributed by atoms with E-state index in [0.717, 1.165) is 57.8 Å². The average molecular weight is 593 g/mol. The van der Waals surface area contributed by atoms with Gasteiger partial charge in [0, 0.05) is 19.6 Å². The van der Waals surface area contributed by atoms with Gasteiger partial charge in [-0.2, -0.15) is 0 Å². The third kappa shape index (κ3) is 11.2. The lowest BCUT2D eigenvalue weighted by molar-refractivity contribution is -0.145. The molecule has 4 N–H and O–H groups in total. The summed E-state index contributed by atoms with van der Waals surface area (Å²) >= 11 is 0. The molecule has 0 aromatic carbocycles. The highest BCUT2D eigenvalue weighted by atomic mass is 16.2. The second kappa shape index (κ2) is 18.8. The smallest absolute Gasteiger partial charge is 0.243 e. The minimum atomic E-state index is -0.798. The third-order valence-electron chi connectivity index (χ3n) is 8.52. The monoisotopic (exact) mass is 592 g/mol. The Hall–Kier alpha value is -2.69. The molecule has 1 saturated carbocycles. The van der Waals surface area contributed by atoms with Crippen LogP contribution in [0, 0.1) is 5.92 Å². The highest BCUT2D eigenvalue weighted by Gasteiger charge is 2.37. The highest BCUT2D eigenvalue weighted by molar-refractivity contribution is 5.94. The van der Waals surface area contributed by atoms with Crippen LogP contribution in [0.1, 0.15) is 105 Å². The first-order valence-corrected chi connectivity index (χ1v) is 16.3. The van der Waals surface area contributed by atoms with Gasteiger partial charge in [-0.15, -0.1) is 0 Å². The van der Waals surface area contributed by atoms with Gasteiger partial charge in [0.15, 0.2) is 0 Å². The Labute approximate surface area is 252 Å². The number of nitrogens with one attached hydrogen (secondary N) is 4. The Kier molecular flexibility index (Phi) is 15.9. The lowest BCUT2D eigenvalue weighted by Gasteiger charge is -2.38. The van der Waals surface area contributed by atoms with Crippen molar-refractivity contribution in [2.45, 2.75) is 129 Å². The van der Waals surface area contributed by atoms with Gasteiger partial charge in [-0.3, -0.25) is 28.9 Å². The van der Waals surface area contributed by atoms with Crippen LogP contribution < -0.4 is 21.3 Å². The summed E-state index contributed by atoms with van der Waals surface area (Å²) in [5, 5.41) is 11.2. The fourth-order valence-electron chi connectivity index (χ4n) is 6.11. The van der Waals surface area contributed by atoms with Crippen molar-refractivity contribution in [3.63, 3.8) is 0 Å². The van der Waals surface area contributed by atoms with E-state index in [2.05, 4.69) is 40.0 Å². The molecule has 0 radical (unpaired) electrons. The lowest BCUT2D eigenvalue weighted by atomic mass is 9.83. The van der Waals surface area contributed by atoms with E-state index in [9.17, 15) is 24.0 Å². The molecule has 2 fully saturated rings. The number of rotatable bonds is 9. The van der Waals surface area contributed by atoms with E-state index in [1.807, 2.05) is 13.8 Å². The van der Waals surface area contributed by atoms with Crippen molar-refractivity contribution in [2.75, 3.05) is 33.2 Å². The van der Waals surface area contributed by atoms with Gasteiger partial charge in [0.2, 0.25) is 29.5 Å². The number of hydrogen-bond donors (Lipinski definition) is 4. The first-order chi connectivity index (χ1) is 20.1. The Morgan fingerprint density at radius 3 is 2.05 bits per heavy atom. The van der Waals surface area contributed by atoms with Crippen molar-refractivity contribution in [3.05, 3.63) is 0 Å². The van der Waals surface area contributed by atoms with Gasteiger partial charge in [-0.25, -0.2) is 0 Å². The van der Waals surface area contributed by atoms with Gasteiger partial charge in [0.1, 0.15) is 12.1 Å². The van der Waals surface area contributed by atoms with Crippen molar-refractivity contribution in [1.29, 1.82) is 0 Å². The zero-order valence-corrected chi connectivity index (χ0v) is 26.6. The normalized spacial score (nSPS) is 27.0. The molecule has 4 unspecified atom stereocenters. The van der Waals surface area contributed by atoms with E-state index in [-0.39, 0.29) is 42.8 Å². The zero-order valence-electron chi connectivity index (χ0n) is 26.6. The molecule has 0 spiro atoms. The number of carbonyl (C=O) groups excluding carboxylic acids is 5. The topological polar surface area (TPSA) is 140 Å². The second-order valence-corrected chi connectivity index (χ2v) is 12.1. The molecule has 1 saturated heterocycles. The average Bonchev–Trinajstić information content (AvgIpc) is 2.98. The summed E-state index contributed by atoms with van der Waals surface area (Å²) in [5.41, 5.74) is 0. The lowest BCUT2D eigenvalue weighted by Crippen LogP contribution is -2.60. The Balaban J connectivity index is 2.46. The standard InChI is InChI=1S/C31H56N6O5/c1-6-9-17-25-31(42)36(5)24(14-8-3)29(40)35-28(23-15-12-11-13-16-23)30(41)33-19-26(38)32-20-27(39)34-22(4)21-37(25)18-10-7-2/h22-25,28H,6-21H2,1-5H3,(H,32,38)(H,33,41)(H,34,39)(H,35,40). The number of nitrogens with zero attached hydrogens (tertiary/aromatic N) is 2. The number of hydrogen-bond acceptors (Lipinski definition) is 6. The molecular weight excluding hydrogens is 536 g/mol. The van der Waals surface area contributed by atoms with Gasteiger partial charge in [-0.05, 0) is 51.5 Å². The molecule has 0 bridgehead atoms. The molecule has 2 aliphatic rings. The van der Waals surface area contributed by atoms with Crippen LogP contribution in [0.15, 0.2) is 0 Å². The Bertz CT molecular complexity index is 893. The maximum atomic E-state index is 14.2. The summed E-state index contributed by atoms with van der Waals surface area (Å²) in [7, 11) is 1.70. The van der Waals surface area contributed by atoms with Crippen molar-refractivity contribution < 1.29 is 24.0 Å². The van der Waals surface area contributed by atoms with Crippen LogP contribution in [0.2, 0.25) is 0 Å². The van der Waals surface area contributed by atoms with Crippen LogP contribution in [0.3, 0.4) is 0 Å². The summed E-state index contributed by atoms with van der Waals surface area (Å²) in [6.07, 6.45) is 10.1. The van der Waals surface area contributed by atoms with E-state index in [1.165, 1.54) is 0 Å². The number of carbonyl (C=O) groups is 5. The van der Waals surface area contributed by atoms with Crippen LogP contribution >= 0.6 is 0 Å². The van der Waals surface area contributed by atoms with Crippen LogP contribution in [-0.4, -0.2) is 96.7 Å². The molecule has 1 aliphatic heterocycles. The van der Waals surface area contributed by atoms with Crippen molar-refractivity contribution in [2.24, 2.45) is 5.92 Å². The van der Waals surface area contributed by atoms with Crippen molar-refractivity contribution >= 4 is 29.5 Å². The predicted molar refractivity (Wildman–Crippen MR) is 163 cm³/mol. The van der Waals surface area contributed by atoms with Crippen LogP contribution in [0.4, 0.5) is 0 Å². The van der Waals surface area contributed by atoms with Crippen LogP contribution in [0.5, 0.6) is 0 Å². The Morgan fingerprint density at radius 2 is 1.40 bits per heavy atom. The summed E-state index contributed by atoms with van der Waals surface area (Å²) in [6, 6.07) is -2.23. The van der Waals surface area contributed by atoms with E-state index in [4.69, 9.17) is 0 Å². The third-order valence-corrected chi connectivity index (χ3v) is 8.52. The molecular formula is C31H56N6O5. The maximum Gasteiger partial charge on any atom is 0.243 e. The molecule has 1 aliphatic carbocycles. The molecule has 11 heteroatoms. The van der Waals surface area contributed by atoms with Gasteiger partial charge in [0.25, 0.3) is 0 Å². The summed E-state index contributed by atoms with van der Waals surface area (Å²) in [4.78, 5) is 70.2. The van der Waals surface area contributed by atoms with E-state index in [0.29, 0.717) is 32.4 Å². The molecule has 0 aromatic rings. The number of unbranched alkanes of at least 4 members (excludes halogenated alkanes) is 2. The molecule has 1 heterocycles. The first-order valence-electron chi connectivity index (χ1n) is 16.3. The van der Waals surface area contributed by atoms with E-state index >= 15 is 0 Å². The summed E-state index contributed by atoms with van der Waals surface area (Å²) in [5.74, 6) is -1.71. The molecule has 2 rings (SSSR count). The van der Waals surface area contributed by atoms with Crippen molar-refractivity contribution in [3.8, 4) is 0 Å². The quantitative estimate of drug-likeness (QED) is 0.323. The van der Waals surface area contributed by atoms with Crippen molar-refractivity contribution in [1.82, 2.24) is 31.1 Å². The van der Waals surface area contributed by atoms with Crippen LogP contribution in [-0.2, 0) is 24.0 Å². The van der Waals surface area contributed by atoms with Gasteiger partial charge < -0.3 is 26.2 Å². The van der Waals surface area contributed by atoms with E-state index < -0.39 is 29.9 Å². The highest BCUT2D eigenvalue weighted by Crippen LogP contribution is 2.27. The first kappa shape index (κ1) is 35.5. The minimum Gasteiger partial charge on any atom is -0.351 e. The molecule has 5 amide bonds. The molecule has 42 heavy (non-hydrogen) atoms. The fourth-order valence-corrected chi connectivity index (χ4v) is 6.11. The Morgan fingerprint density at radius 1 is 0.738 bits per heavy atom. The second-order valence-electron chi connectivity index (χ2n) is 12.1. The van der Waals surface area contributed by atoms with E-state index in [1.54, 1.807) is 11.9 Å². The SMILES string of the molecule is CCCCC1C(=O)N(C)C(CCC)C(=O)NC(C2CCCCC2)C(=O)NCC(=O)NCC(=O)NC(C)CN1CCCC. The molecule has 0 aromatic heterocycles. The largest absolute Gasteiger partial charge is 0.351 e. The zero-order chi connectivity index (χ0) is 31.1. The number of amides is 5. The number of likely N-dealkylation sites (N-methyl/N-ethyl adjacent to an activating group) is 1. The van der Waals surface area contributed by atoms with Gasteiger partial charge >= 0.3 is 0 Å². The molecule has 240 valence electrons. The molecule has 11 nitrogen and oxygen atoms in total.